The van der Waals surface area contributed by atoms with Crippen molar-refractivity contribution in [2.45, 2.75) is 19.9 Å². The second-order valence-corrected chi connectivity index (χ2v) is 3.06. The van der Waals surface area contributed by atoms with Gasteiger partial charge in [0.25, 0.3) is 0 Å². The van der Waals surface area contributed by atoms with Gasteiger partial charge >= 0.3 is 5.97 Å². The molecule has 0 aromatic carbocycles. The summed E-state index contributed by atoms with van der Waals surface area (Å²) in [5.41, 5.74) is 0. The molecule has 1 rings (SSSR count). The molecule has 0 amide bonds. The fraction of sp³-hybridized carbons (Fsp3) is 0.857. The molecule has 3 atom stereocenters. The lowest BCUT2D eigenvalue weighted by atomic mass is 9.94. The molecule has 10 heavy (non-hydrogen) atoms. The summed E-state index contributed by atoms with van der Waals surface area (Å²) in [7, 11) is 0. The highest BCUT2D eigenvalue weighted by atomic mass is 16.4. The SMILES string of the molecule is CC1CNC(C(=O)O)C1C. The number of carboxylic acid groups (broad SMARTS) is 1. The monoisotopic (exact) mass is 143 g/mol. The predicted octanol–water partition coefficient (Wildman–Crippen LogP) is 0.315. The van der Waals surface area contributed by atoms with Crippen LogP contribution in [0.5, 0.6) is 0 Å². The summed E-state index contributed by atoms with van der Waals surface area (Å²) in [5, 5.41) is 11.6. The summed E-state index contributed by atoms with van der Waals surface area (Å²) in [4.78, 5) is 10.5. The first-order valence-corrected chi connectivity index (χ1v) is 3.59. The molecule has 1 saturated heterocycles. The molecular weight excluding hydrogens is 130 g/mol. The lowest BCUT2D eigenvalue weighted by molar-refractivity contribution is -0.140. The second-order valence-electron chi connectivity index (χ2n) is 3.06. The molecule has 0 aromatic rings. The van der Waals surface area contributed by atoms with Gasteiger partial charge in [-0.3, -0.25) is 4.79 Å². The Kier molecular flexibility index (Phi) is 1.94. The number of hydrogen-bond donors (Lipinski definition) is 2. The third-order valence-electron chi connectivity index (χ3n) is 2.35. The van der Waals surface area contributed by atoms with Gasteiger partial charge in [-0.1, -0.05) is 13.8 Å². The molecule has 1 fully saturated rings. The molecule has 1 aliphatic heterocycles. The van der Waals surface area contributed by atoms with Crippen LogP contribution in [0.1, 0.15) is 13.8 Å². The average Bonchev–Trinajstić information content (AvgIpc) is 2.14. The fourth-order valence-corrected chi connectivity index (χ4v) is 1.33. The van der Waals surface area contributed by atoms with E-state index in [4.69, 9.17) is 5.11 Å². The van der Waals surface area contributed by atoms with Crippen LogP contribution in [0.2, 0.25) is 0 Å². The van der Waals surface area contributed by atoms with Gasteiger partial charge in [-0.15, -0.1) is 0 Å². The van der Waals surface area contributed by atoms with Crippen LogP contribution in [0.25, 0.3) is 0 Å². The Labute approximate surface area is 60.4 Å². The number of hydrogen-bond acceptors (Lipinski definition) is 2. The van der Waals surface area contributed by atoms with Gasteiger partial charge in [-0.2, -0.15) is 0 Å². The summed E-state index contributed by atoms with van der Waals surface area (Å²) in [6.07, 6.45) is 0. The molecule has 3 nitrogen and oxygen atoms in total. The first kappa shape index (κ1) is 7.54. The molecule has 0 bridgehead atoms. The minimum Gasteiger partial charge on any atom is -0.480 e. The average molecular weight is 143 g/mol. The summed E-state index contributed by atoms with van der Waals surface area (Å²) >= 11 is 0. The summed E-state index contributed by atoms with van der Waals surface area (Å²) < 4.78 is 0. The van der Waals surface area contributed by atoms with Crippen molar-refractivity contribution < 1.29 is 9.90 Å². The van der Waals surface area contributed by atoms with Gasteiger partial charge in [-0.25, -0.2) is 0 Å². The van der Waals surface area contributed by atoms with Crippen molar-refractivity contribution in [3.8, 4) is 0 Å². The lowest BCUT2D eigenvalue weighted by Gasteiger charge is -2.11. The fourth-order valence-electron chi connectivity index (χ4n) is 1.33. The second kappa shape index (κ2) is 2.58. The topological polar surface area (TPSA) is 49.3 Å². The zero-order chi connectivity index (χ0) is 7.72. The van der Waals surface area contributed by atoms with Crippen LogP contribution in [0, 0.1) is 11.8 Å². The summed E-state index contributed by atoms with van der Waals surface area (Å²) in [6, 6.07) is -0.324. The maximum Gasteiger partial charge on any atom is 0.320 e. The van der Waals surface area contributed by atoms with Crippen molar-refractivity contribution in [2.24, 2.45) is 11.8 Å². The van der Waals surface area contributed by atoms with Crippen molar-refractivity contribution in [1.29, 1.82) is 0 Å². The van der Waals surface area contributed by atoms with E-state index in [1.165, 1.54) is 0 Å². The van der Waals surface area contributed by atoms with Crippen LogP contribution in [-0.4, -0.2) is 23.7 Å². The van der Waals surface area contributed by atoms with E-state index in [9.17, 15) is 4.79 Å². The highest BCUT2D eigenvalue weighted by Gasteiger charge is 2.33. The van der Waals surface area contributed by atoms with Crippen molar-refractivity contribution in [1.82, 2.24) is 5.32 Å². The Balaban J connectivity index is 2.57. The Hall–Kier alpha value is -0.570. The van der Waals surface area contributed by atoms with Gasteiger partial charge < -0.3 is 10.4 Å². The Morgan fingerprint density at radius 2 is 2.20 bits per heavy atom. The van der Waals surface area contributed by atoms with E-state index in [2.05, 4.69) is 12.2 Å². The molecule has 0 saturated carbocycles. The smallest absolute Gasteiger partial charge is 0.320 e. The van der Waals surface area contributed by atoms with Crippen molar-refractivity contribution in [3.05, 3.63) is 0 Å². The number of rotatable bonds is 1. The van der Waals surface area contributed by atoms with Crippen LogP contribution in [0.15, 0.2) is 0 Å². The van der Waals surface area contributed by atoms with Crippen LogP contribution < -0.4 is 5.32 Å². The number of carboxylic acids is 1. The Morgan fingerprint density at radius 3 is 2.40 bits per heavy atom. The van der Waals surface area contributed by atoms with Gasteiger partial charge in [0.2, 0.25) is 0 Å². The third kappa shape index (κ3) is 1.14. The van der Waals surface area contributed by atoms with Crippen molar-refractivity contribution in [3.63, 3.8) is 0 Å². The standard InChI is InChI=1S/C7H13NO2/c1-4-3-8-6(5(4)2)7(9)10/h4-6,8H,3H2,1-2H3,(H,9,10). The summed E-state index contributed by atoms with van der Waals surface area (Å²) in [5.74, 6) is 0.0236. The number of carbonyl (C=O) groups is 1. The van der Waals surface area contributed by atoms with Crippen LogP contribution in [-0.2, 0) is 4.79 Å². The molecule has 2 N–H and O–H groups in total. The van der Waals surface area contributed by atoms with Gasteiger partial charge in [0.15, 0.2) is 0 Å². The first-order valence-electron chi connectivity index (χ1n) is 3.59. The molecule has 0 aliphatic carbocycles. The highest BCUT2D eigenvalue weighted by molar-refractivity contribution is 5.74. The van der Waals surface area contributed by atoms with Crippen molar-refractivity contribution >= 4 is 5.97 Å². The molecule has 0 radical (unpaired) electrons. The molecule has 3 heteroatoms. The summed E-state index contributed by atoms with van der Waals surface area (Å²) in [6.45, 7) is 4.88. The zero-order valence-electron chi connectivity index (χ0n) is 6.29. The molecule has 58 valence electrons. The molecule has 0 spiro atoms. The molecule has 1 heterocycles. The van der Waals surface area contributed by atoms with Crippen LogP contribution in [0.3, 0.4) is 0 Å². The maximum atomic E-state index is 10.5. The maximum absolute atomic E-state index is 10.5. The van der Waals surface area contributed by atoms with E-state index in [1.54, 1.807) is 0 Å². The van der Waals surface area contributed by atoms with Gasteiger partial charge in [-0.05, 0) is 18.4 Å². The number of aliphatic carboxylic acids is 1. The minimum atomic E-state index is -0.725. The lowest BCUT2D eigenvalue weighted by Crippen LogP contribution is -2.34. The number of nitrogens with one attached hydrogen (secondary N) is 1. The quantitative estimate of drug-likeness (QED) is 0.555. The molecule has 3 unspecified atom stereocenters. The Morgan fingerprint density at radius 1 is 1.60 bits per heavy atom. The van der Waals surface area contributed by atoms with Crippen molar-refractivity contribution in [2.75, 3.05) is 6.54 Å². The molecule has 0 aromatic heterocycles. The first-order chi connectivity index (χ1) is 4.63. The predicted molar refractivity (Wildman–Crippen MR) is 37.8 cm³/mol. The largest absolute Gasteiger partial charge is 0.480 e. The van der Waals surface area contributed by atoms with Gasteiger partial charge in [0.05, 0.1) is 0 Å². The van der Waals surface area contributed by atoms with E-state index >= 15 is 0 Å². The highest BCUT2D eigenvalue weighted by Crippen LogP contribution is 2.20. The van der Waals surface area contributed by atoms with E-state index < -0.39 is 5.97 Å². The van der Waals surface area contributed by atoms with Crippen LogP contribution in [0.4, 0.5) is 0 Å². The Bertz CT molecular complexity index is 147. The minimum absolute atomic E-state index is 0.262. The zero-order valence-corrected chi connectivity index (χ0v) is 6.29. The molecule has 1 aliphatic rings. The van der Waals surface area contributed by atoms with Gasteiger partial charge in [0, 0.05) is 0 Å². The van der Waals surface area contributed by atoms with E-state index in [0.29, 0.717) is 5.92 Å². The third-order valence-corrected chi connectivity index (χ3v) is 2.35. The van der Waals surface area contributed by atoms with E-state index in [1.807, 2.05) is 6.92 Å². The van der Waals surface area contributed by atoms with E-state index in [-0.39, 0.29) is 12.0 Å². The normalized spacial score (nSPS) is 40.0. The van der Waals surface area contributed by atoms with Gasteiger partial charge in [0.1, 0.15) is 6.04 Å². The van der Waals surface area contributed by atoms with Crippen LogP contribution >= 0.6 is 0 Å². The van der Waals surface area contributed by atoms with E-state index in [0.717, 1.165) is 6.54 Å². The molecular formula is C7H13NO2.